The lowest BCUT2D eigenvalue weighted by molar-refractivity contribution is 0.355. The summed E-state index contributed by atoms with van der Waals surface area (Å²) in [5.74, 6) is 2.53. The van der Waals surface area contributed by atoms with Crippen LogP contribution < -0.4 is 10.1 Å². The van der Waals surface area contributed by atoms with Crippen LogP contribution >= 0.6 is 27.5 Å². The van der Waals surface area contributed by atoms with E-state index in [1.807, 2.05) is 11.5 Å². The van der Waals surface area contributed by atoms with Gasteiger partial charge in [-0.25, -0.2) is 0 Å². The summed E-state index contributed by atoms with van der Waals surface area (Å²) >= 11 is 10.2. The first kappa shape index (κ1) is 13.4. The van der Waals surface area contributed by atoms with Gasteiger partial charge < -0.3 is 10.1 Å². The van der Waals surface area contributed by atoms with Crippen LogP contribution in [0, 0.1) is 6.92 Å². The van der Waals surface area contributed by atoms with E-state index in [4.69, 9.17) is 16.3 Å². The summed E-state index contributed by atoms with van der Waals surface area (Å²) in [6, 6.07) is 0. The quantitative estimate of drug-likeness (QED) is 0.771. The monoisotopic (exact) mass is 368 g/mol. The molecule has 0 bridgehead atoms. The maximum atomic E-state index is 6.60. The Balaban J connectivity index is 2.14. The van der Waals surface area contributed by atoms with Crippen molar-refractivity contribution in [1.82, 2.24) is 14.8 Å². The average Bonchev–Trinajstić information content (AvgIpc) is 3.03. The normalized spacial score (nSPS) is 17.6. The summed E-state index contributed by atoms with van der Waals surface area (Å²) in [6.45, 7) is 6.80. The maximum Gasteiger partial charge on any atom is 0.162 e. The van der Waals surface area contributed by atoms with E-state index in [1.54, 1.807) is 0 Å². The number of halogens is 2. The second-order valence-corrected chi connectivity index (χ2v) is 7.08. The largest absolute Gasteiger partial charge is 0.492 e. The third-order valence-corrected chi connectivity index (χ3v) is 5.41. The van der Waals surface area contributed by atoms with Gasteiger partial charge in [0.1, 0.15) is 11.6 Å². The number of fused-ring (bicyclic) bond motifs is 5. The first-order valence-electron chi connectivity index (χ1n) is 6.79. The summed E-state index contributed by atoms with van der Waals surface area (Å²) in [5.41, 5.74) is 2.77. The van der Waals surface area contributed by atoms with E-state index in [-0.39, 0.29) is 5.54 Å². The molecule has 1 aromatic heterocycles. The van der Waals surface area contributed by atoms with Crippen LogP contribution in [0.2, 0.25) is 5.02 Å². The minimum Gasteiger partial charge on any atom is -0.492 e. The molecule has 2 aromatic rings. The van der Waals surface area contributed by atoms with Gasteiger partial charge >= 0.3 is 0 Å². The van der Waals surface area contributed by atoms with E-state index in [2.05, 4.69) is 45.3 Å². The molecule has 3 heterocycles. The van der Waals surface area contributed by atoms with Crippen molar-refractivity contribution in [2.75, 3.05) is 11.9 Å². The Morgan fingerprint density at radius 3 is 2.90 bits per heavy atom. The molecule has 21 heavy (non-hydrogen) atoms. The molecule has 0 unspecified atom stereocenters. The Bertz CT molecular complexity index is 784. The number of hydrogen-bond donors (Lipinski definition) is 1. The summed E-state index contributed by atoms with van der Waals surface area (Å²) < 4.78 is 8.57. The van der Waals surface area contributed by atoms with E-state index < -0.39 is 0 Å². The third kappa shape index (κ3) is 1.63. The smallest absolute Gasteiger partial charge is 0.162 e. The number of aromatic nitrogens is 3. The van der Waals surface area contributed by atoms with Gasteiger partial charge in [-0.05, 0) is 36.7 Å². The Morgan fingerprint density at radius 2 is 2.14 bits per heavy atom. The van der Waals surface area contributed by atoms with Crippen LogP contribution in [0.15, 0.2) is 4.47 Å². The average molecular weight is 370 g/mol. The number of rotatable bonds is 0. The topological polar surface area (TPSA) is 52.0 Å². The van der Waals surface area contributed by atoms with Gasteiger partial charge in [-0.15, -0.1) is 10.2 Å². The lowest BCUT2D eigenvalue weighted by atomic mass is 9.97. The highest BCUT2D eigenvalue weighted by molar-refractivity contribution is 9.10. The number of nitrogens with one attached hydrogen (secondary N) is 1. The molecule has 0 atom stereocenters. The Morgan fingerprint density at radius 1 is 1.38 bits per heavy atom. The molecule has 0 fully saturated rings. The molecule has 0 saturated heterocycles. The van der Waals surface area contributed by atoms with E-state index in [0.29, 0.717) is 11.6 Å². The van der Waals surface area contributed by atoms with Gasteiger partial charge in [-0.1, -0.05) is 11.6 Å². The lowest BCUT2D eigenvalue weighted by Gasteiger charge is -2.35. The fourth-order valence-electron chi connectivity index (χ4n) is 3.09. The zero-order chi connectivity index (χ0) is 14.9. The van der Waals surface area contributed by atoms with E-state index in [9.17, 15) is 0 Å². The van der Waals surface area contributed by atoms with Crippen molar-refractivity contribution in [3.05, 3.63) is 26.7 Å². The van der Waals surface area contributed by atoms with E-state index in [0.717, 1.165) is 45.2 Å². The molecule has 2 aliphatic heterocycles. The van der Waals surface area contributed by atoms with Crippen molar-refractivity contribution in [1.29, 1.82) is 0 Å². The molecule has 110 valence electrons. The first-order valence-corrected chi connectivity index (χ1v) is 7.96. The van der Waals surface area contributed by atoms with Crippen LogP contribution in [0.4, 0.5) is 5.69 Å². The van der Waals surface area contributed by atoms with Crippen molar-refractivity contribution in [3.63, 3.8) is 0 Å². The number of aryl methyl sites for hydroxylation is 1. The van der Waals surface area contributed by atoms with Gasteiger partial charge in [0, 0.05) is 12.0 Å². The number of nitrogens with zero attached hydrogens (tertiary/aromatic N) is 3. The van der Waals surface area contributed by atoms with Gasteiger partial charge in [-0.2, -0.15) is 0 Å². The number of ether oxygens (including phenoxy) is 1. The van der Waals surface area contributed by atoms with Gasteiger partial charge in [0.05, 0.1) is 33.0 Å². The van der Waals surface area contributed by atoms with Crippen LogP contribution in [-0.4, -0.2) is 21.4 Å². The van der Waals surface area contributed by atoms with Crippen molar-refractivity contribution in [2.45, 2.75) is 32.7 Å². The molecular formula is C14H14BrClN4O. The van der Waals surface area contributed by atoms with Crippen LogP contribution in [0.5, 0.6) is 5.75 Å². The summed E-state index contributed by atoms with van der Waals surface area (Å²) in [5, 5.41) is 12.7. The zero-order valence-corrected chi connectivity index (χ0v) is 14.3. The van der Waals surface area contributed by atoms with Crippen LogP contribution in [0.25, 0.3) is 5.69 Å². The van der Waals surface area contributed by atoms with Gasteiger partial charge in [0.15, 0.2) is 5.82 Å². The summed E-state index contributed by atoms with van der Waals surface area (Å²) in [7, 11) is 0. The fourth-order valence-corrected chi connectivity index (χ4v) is 3.90. The highest BCUT2D eigenvalue weighted by Gasteiger charge is 2.39. The molecular weight excluding hydrogens is 356 g/mol. The van der Waals surface area contributed by atoms with Crippen molar-refractivity contribution in [2.24, 2.45) is 0 Å². The minimum atomic E-state index is -0.318. The van der Waals surface area contributed by atoms with Crippen LogP contribution in [-0.2, 0) is 12.0 Å². The SMILES string of the molecule is Cc1nnc2n1-c1c(Cl)c(Br)c3c(c1NC2(C)C)CCO3. The molecule has 0 aliphatic carbocycles. The number of anilines is 1. The standard InChI is InChI=1S/C14H14BrClN4O/c1-6-18-19-13-14(2,3)17-10-7-4-5-21-12(7)8(15)9(16)11(10)20(6)13/h17H,4-5H2,1-3H3. The third-order valence-electron chi connectivity index (χ3n) is 4.06. The highest BCUT2D eigenvalue weighted by atomic mass is 79.9. The molecule has 7 heteroatoms. The fraction of sp³-hybridized carbons (Fsp3) is 0.429. The van der Waals surface area contributed by atoms with Crippen LogP contribution in [0.1, 0.15) is 31.1 Å². The Labute approximate surface area is 135 Å². The van der Waals surface area contributed by atoms with Crippen molar-refractivity contribution in [3.8, 4) is 11.4 Å². The molecule has 0 saturated carbocycles. The summed E-state index contributed by atoms with van der Waals surface area (Å²) in [4.78, 5) is 0. The Kier molecular flexibility index (Phi) is 2.64. The molecule has 0 spiro atoms. The summed E-state index contributed by atoms with van der Waals surface area (Å²) in [6.07, 6.45) is 0.868. The molecule has 1 N–H and O–H groups in total. The minimum absolute atomic E-state index is 0.318. The van der Waals surface area contributed by atoms with Gasteiger partial charge in [-0.3, -0.25) is 4.57 Å². The predicted octanol–water partition coefficient (Wildman–Crippen LogP) is 3.59. The van der Waals surface area contributed by atoms with E-state index in [1.165, 1.54) is 0 Å². The molecule has 0 amide bonds. The van der Waals surface area contributed by atoms with Crippen molar-refractivity contribution >= 4 is 33.2 Å². The second kappa shape index (κ2) is 4.14. The highest BCUT2D eigenvalue weighted by Crippen LogP contribution is 2.51. The number of hydrogen-bond acceptors (Lipinski definition) is 4. The molecule has 1 aromatic carbocycles. The van der Waals surface area contributed by atoms with E-state index >= 15 is 0 Å². The molecule has 5 nitrogen and oxygen atoms in total. The molecule has 0 radical (unpaired) electrons. The molecule has 4 rings (SSSR count). The van der Waals surface area contributed by atoms with Crippen molar-refractivity contribution < 1.29 is 4.74 Å². The lowest BCUT2D eigenvalue weighted by Crippen LogP contribution is -2.36. The molecule has 2 aliphatic rings. The van der Waals surface area contributed by atoms with Crippen LogP contribution in [0.3, 0.4) is 0 Å². The second-order valence-electron chi connectivity index (χ2n) is 5.91. The maximum absolute atomic E-state index is 6.60. The predicted molar refractivity (Wildman–Crippen MR) is 84.7 cm³/mol. The first-order chi connectivity index (χ1) is 9.92. The van der Waals surface area contributed by atoms with Gasteiger partial charge in [0.2, 0.25) is 0 Å². The zero-order valence-electron chi connectivity index (χ0n) is 11.9. The Hall–Kier alpha value is -1.27. The number of benzene rings is 1. The van der Waals surface area contributed by atoms with Gasteiger partial charge in [0.25, 0.3) is 0 Å².